The van der Waals surface area contributed by atoms with Crippen LogP contribution in [0.1, 0.15) is 13.8 Å². The quantitative estimate of drug-likeness (QED) is 0.790. The van der Waals surface area contributed by atoms with Crippen molar-refractivity contribution in [2.45, 2.75) is 24.0 Å². The van der Waals surface area contributed by atoms with Crippen molar-refractivity contribution in [3.8, 4) is 0 Å². The first kappa shape index (κ1) is 15.3. The Morgan fingerprint density at radius 1 is 1.39 bits per heavy atom. The van der Waals surface area contributed by atoms with E-state index in [0.29, 0.717) is 24.0 Å². The molecule has 0 aromatic heterocycles. The zero-order valence-corrected chi connectivity index (χ0v) is 12.2. The molecule has 0 radical (unpaired) electrons. The average molecular weight is 287 g/mol. The van der Waals surface area contributed by atoms with Crippen molar-refractivity contribution in [1.82, 2.24) is 5.32 Å². The predicted octanol–water partition coefficient (Wildman–Crippen LogP) is 2.53. The Balaban J connectivity index is 2.42. The van der Waals surface area contributed by atoms with Crippen LogP contribution in [0.3, 0.4) is 0 Å². The molecule has 2 unspecified atom stereocenters. The zero-order chi connectivity index (χ0) is 13.5. The van der Waals surface area contributed by atoms with Gasteiger partial charge in [0.2, 0.25) is 5.91 Å². The summed E-state index contributed by atoms with van der Waals surface area (Å²) < 4.78 is 0. The van der Waals surface area contributed by atoms with Crippen molar-refractivity contribution >= 4 is 29.3 Å². The van der Waals surface area contributed by atoms with E-state index in [4.69, 9.17) is 17.3 Å². The number of nitrogens with one attached hydrogen (secondary N) is 1. The third-order valence-electron chi connectivity index (χ3n) is 2.52. The van der Waals surface area contributed by atoms with Crippen LogP contribution < -0.4 is 11.1 Å². The molecule has 1 aromatic rings. The van der Waals surface area contributed by atoms with Crippen LogP contribution >= 0.6 is 23.4 Å². The molecule has 0 saturated heterocycles. The minimum absolute atomic E-state index is 0.0373. The van der Waals surface area contributed by atoms with Gasteiger partial charge in [-0.15, -0.1) is 11.8 Å². The lowest BCUT2D eigenvalue weighted by Crippen LogP contribution is -2.35. The number of carbonyl (C=O) groups is 1. The van der Waals surface area contributed by atoms with Crippen molar-refractivity contribution in [2.75, 3.05) is 13.1 Å². The molecule has 0 aliphatic rings. The van der Waals surface area contributed by atoms with Crippen LogP contribution in [0.15, 0.2) is 29.2 Å². The number of carbonyl (C=O) groups excluding carboxylic acids is 1. The van der Waals surface area contributed by atoms with E-state index in [1.54, 1.807) is 0 Å². The highest BCUT2D eigenvalue weighted by molar-refractivity contribution is 8.00. The van der Waals surface area contributed by atoms with Crippen LogP contribution in [0.5, 0.6) is 0 Å². The molecule has 100 valence electrons. The molecule has 3 nitrogen and oxygen atoms in total. The summed E-state index contributed by atoms with van der Waals surface area (Å²) >= 11 is 7.33. The maximum absolute atomic E-state index is 11.8. The second-order valence-electron chi connectivity index (χ2n) is 4.30. The number of thioether (sulfide) groups is 1. The molecule has 1 aromatic carbocycles. The van der Waals surface area contributed by atoms with Crippen LogP contribution in [0.4, 0.5) is 0 Å². The van der Waals surface area contributed by atoms with Gasteiger partial charge in [0.05, 0.1) is 5.25 Å². The summed E-state index contributed by atoms with van der Waals surface area (Å²) in [5.41, 5.74) is 5.50. The van der Waals surface area contributed by atoms with Crippen molar-refractivity contribution in [3.63, 3.8) is 0 Å². The number of hydrogen-bond donors (Lipinski definition) is 2. The van der Waals surface area contributed by atoms with Crippen LogP contribution in [0.25, 0.3) is 0 Å². The van der Waals surface area contributed by atoms with Crippen molar-refractivity contribution < 1.29 is 4.79 Å². The summed E-state index contributed by atoms with van der Waals surface area (Å²) in [5.74, 6) is 0.344. The van der Waals surface area contributed by atoms with Gasteiger partial charge >= 0.3 is 0 Å². The van der Waals surface area contributed by atoms with E-state index >= 15 is 0 Å². The third-order valence-corrected chi connectivity index (χ3v) is 3.89. The van der Waals surface area contributed by atoms with E-state index in [2.05, 4.69) is 5.32 Å². The summed E-state index contributed by atoms with van der Waals surface area (Å²) in [6.45, 7) is 5.11. The van der Waals surface area contributed by atoms with E-state index in [1.165, 1.54) is 11.8 Å². The lowest BCUT2D eigenvalue weighted by Gasteiger charge is -2.14. The van der Waals surface area contributed by atoms with Gasteiger partial charge in [-0.3, -0.25) is 4.79 Å². The fourth-order valence-corrected chi connectivity index (χ4v) is 2.29. The van der Waals surface area contributed by atoms with E-state index in [-0.39, 0.29) is 11.2 Å². The molecule has 0 fully saturated rings. The number of rotatable bonds is 6. The lowest BCUT2D eigenvalue weighted by atomic mass is 10.2. The predicted molar refractivity (Wildman–Crippen MR) is 78.0 cm³/mol. The Morgan fingerprint density at radius 2 is 2.00 bits per heavy atom. The van der Waals surface area contributed by atoms with Gasteiger partial charge in [0.15, 0.2) is 0 Å². The summed E-state index contributed by atoms with van der Waals surface area (Å²) in [5, 5.41) is 3.47. The standard InChI is InChI=1S/C13H19ClN2OS/c1-9(7-15)8-16-13(17)10(2)18-12-5-3-11(14)4-6-12/h3-6,9-10H,7-8,15H2,1-2H3,(H,16,17). The summed E-state index contributed by atoms with van der Waals surface area (Å²) in [6, 6.07) is 7.48. The van der Waals surface area contributed by atoms with Gasteiger partial charge in [-0.2, -0.15) is 0 Å². The number of benzene rings is 1. The fraction of sp³-hybridized carbons (Fsp3) is 0.462. The highest BCUT2D eigenvalue weighted by Gasteiger charge is 2.14. The second kappa shape index (κ2) is 7.67. The lowest BCUT2D eigenvalue weighted by molar-refractivity contribution is -0.120. The van der Waals surface area contributed by atoms with E-state index in [0.717, 1.165) is 4.90 Å². The zero-order valence-electron chi connectivity index (χ0n) is 10.7. The number of halogens is 1. The van der Waals surface area contributed by atoms with Crippen molar-refractivity contribution in [3.05, 3.63) is 29.3 Å². The number of hydrogen-bond acceptors (Lipinski definition) is 3. The van der Waals surface area contributed by atoms with Crippen LogP contribution in [-0.4, -0.2) is 24.2 Å². The molecule has 1 rings (SSSR count). The highest BCUT2D eigenvalue weighted by atomic mass is 35.5. The van der Waals surface area contributed by atoms with Gasteiger partial charge in [-0.25, -0.2) is 0 Å². The molecular formula is C13H19ClN2OS. The summed E-state index contributed by atoms with van der Waals surface area (Å²) in [4.78, 5) is 12.9. The van der Waals surface area contributed by atoms with Gasteiger partial charge in [-0.05, 0) is 43.7 Å². The third kappa shape index (κ3) is 5.29. The van der Waals surface area contributed by atoms with Crippen LogP contribution in [0, 0.1) is 5.92 Å². The second-order valence-corrected chi connectivity index (χ2v) is 6.15. The van der Waals surface area contributed by atoms with Crippen molar-refractivity contribution in [2.24, 2.45) is 11.7 Å². The molecule has 2 atom stereocenters. The first-order chi connectivity index (χ1) is 8.52. The van der Waals surface area contributed by atoms with Gasteiger partial charge in [0.25, 0.3) is 0 Å². The Morgan fingerprint density at radius 3 is 2.56 bits per heavy atom. The molecule has 0 saturated carbocycles. The number of nitrogens with two attached hydrogens (primary N) is 1. The molecule has 1 amide bonds. The monoisotopic (exact) mass is 286 g/mol. The maximum atomic E-state index is 11.8. The molecule has 0 bridgehead atoms. The van der Waals surface area contributed by atoms with Crippen molar-refractivity contribution in [1.29, 1.82) is 0 Å². The molecule has 0 heterocycles. The minimum Gasteiger partial charge on any atom is -0.355 e. The number of amides is 1. The Hall–Kier alpha value is -0.710. The molecular weight excluding hydrogens is 268 g/mol. The summed E-state index contributed by atoms with van der Waals surface area (Å²) in [7, 11) is 0. The van der Waals surface area contributed by atoms with Gasteiger partial charge in [0, 0.05) is 16.5 Å². The molecule has 0 aliphatic carbocycles. The van der Waals surface area contributed by atoms with Gasteiger partial charge in [-0.1, -0.05) is 18.5 Å². The summed E-state index contributed by atoms with van der Waals surface area (Å²) in [6.07, 6.45) is 0. The first-order valence-corrected chi connectivity index (χ1v) is 7.18. The fourth-order valence-electron chi connectivity index (χ4n) is 1.27. The molecule has 18 heavy (non-hydrogen) atoms. The minimum atomic E-state index is -0.129. The first-order valence-electron chi connectivity index (χ1n) is 5.93. The average Bonchev–Trinajstić information content (AvgIpc) is 2.38. The highest BCUT2D eigenvalue weighted by Crippen LogP contribution is 2.24. The normalized spacial score (nSPS) is 14.0. The molecule has 0 aliphatic heterocycles. The molecule has 3 N–H and O–H groups in total. The van der Waals surface area contributed by atoms with Gasteiger partial charge < -0.3 is 11.1 Å². The smallest absolute Gasteiger partial charge is 0.233 e. The molecule has 0 spiro atoms. The molecule has 5 heteroatoms. The maximum Gasteiger partial charge on any atom is 0.233 e. The Bertz CT molecular complexity index is 383. The van der Waals surface area contributed by atoms with Crippen LogP contribution in [0.2, 0.25) is 5.02 Å². The van der Waals surface area contributed by atoms with Gasteiger partial charge in [0.1, 0.15) is 0 Å². The largest absolute Gasteiger partial charge is 0.355 e. The Labute approximate surface area is 117 Å². The topological polar surface area (TPSA) is 55.1 Å². The van der Waals surface area contributed by atoms with E-state index in [9.17, 15) is 4.79 Å². The van der Waals surface area contributed by atoms with E-state index in [1.807, 2.05) is 38.1 Å². The van der Waals surface area contributed by atoms with Crippen LogP contribution in [-0.2, 0) is 4.79 Å². The van der Waals surface area contributed by atoms with E-state index < -0.39 is 0 Å². The Kier molecular flexibility index (Phi) is 6.54. The SMILES string of the molecule is CC(CN)CNC(=O)C(C)Sc1ccc(Cl)cc1.